The number of nitrogens with zero attached hydrogens (tertiary/aromatic N) is 3. The molecule has 0 spiro atoms. The molecule has 1 aromatic carbocycles. The van der Waals surface area contributed by atoms with Crippen molar-refractivity contribution < 1.29 is 4.79 Å². The van der Waals surface area contributed by atoms with Crippen molar-refractivity contribution >= 4 is 11.6 Å². The number of rotatable bonds is 1. The molecule has 1 amide bonds. The maximum absolute atomic E-state index is 11.7. The Balaban J connectivity index is 1.99. The summed E-state index contributed by atoms with van der Waals surface area (Å²) in [4.78, 5) is 11.7. The molecule has 0 saturated heterocycles. The molecule has 2 heterocycles. The lowest BCUT2D eigenvalue weighted by atomic mass is 10.0. The van der Waals surface area contributed by atoms with Gasteiger partial charge in [-0.25, -0.2) is 0 Å². The Morgan fingerprint density at radius 1 is 1.39 bits per heavy atom. The highest BCUT2D eigenvalue weighted by atomic mass is 16.1. The van der Waals surface area contributed by atoms with Crippen molar-refractivity contribution in [2.45, 2.75) is 19.8 Å². The summed E-state index contributed by atoms with van der Waals surface area (Å²) in [5, 5.41) is 16.8. The fourth-order valence-corrected chi connectivity index (χ4v) is 2.10. The van der Waals surface area contributed by atoms with Gasteiger partial charge in [0.15, 0.2) is 0 Å². The summed E-state index contributed by atoms with van der Waals surface area (Å²) in [7, 11) is 0. The summed E-state index contributed by atoms with van der Waals surface area (Å²) >= 11 is 0. The number of aromatic amines is 1. The first kappa shape index (κ1) is 10.9. The molecule has 0 saturated carbocycles. The standard InChI is InChI=1S/C12H13N5O/c1-7-2-3-8-6-9(11-14-16-17-15-11)4-5-10(8)13-12(7)18/h4-7H,2-3H2,1H3,(H,13,18)(H,14,15,16,17)/t7-/m0/s1. The molecular weight excluding hydrogens is 230 g/mol. The number of carbonyl (C=O) groups excluding carboxylic acids is 1. The van der Waals surface area contributed by atoms with Crippen molar-refractivity contribution in [3.63, 3.8) is 0 Å². The van der Waals surface area contributed by atoms with Crippen molar-refractivity contribution in [3.05, 3.63) is 23.8 Å². The quantitative estimate of drug-likeness (QED) is 0.792. The smallest absolute Gasteiger partial charge is 0.227 e. The van der Waals surface area contributed by atoms with Crippen molar-refractivity contribution in [1.82, 2.24) is 20.6 Å². The van der Waals surface area contributed by atoms with Crippen LogP contribution in [0.3, 0.4) is 0 Å². The summed E-state index contributed by atoms with van der Waals surface area (Å²) < 4.78 is 0. The Morgan fingerprint density at radius 2 is 2.28 bits per heavy atom. The summed E-state index contributed by atoms with van der Waals surface area (Å²) in [6.45, 7) is 1.95. The maximum atomic E-state index is 11.7. The Hall–Kier alpha value is -2.24. The number of amides is 1. The van der Waals surface area contributed by atoms with Gasteiger partial charge in [0.2, 0.25) is 11.7 Å². The molecule has 1 aliphatic heterocycles. The third-order valence-electron chi connectivity index (χ3n) is 3.26. The molecule has 1 aromatic heterocycles. The molecule has 2 N–H and O–H groups in total. The van der Waals surface area contributed by atoms with Gasteiger partial charge in [0.1, 0.15) is 0 Å². The van der Waals surface area contributed by atoms with E-state index in [0.717, 1.165) is 29.7 Å². The normalized spacial score (nSPS) is 18.9. The summed E-state index contributed by atoms with van der Waals surface area (Å²) in [5.41, 5.74) is 2.91. The van der Waals surface area contributed by atoms with E-state index in [4.69, 9.17) is 0 Å². The van der Waals surface area contributed by atoms with E-state index in [0.29, 0.717) is 5.82 Å². The number of fused-ring (bicyclic) bond motifs is 1. The lowest BCUT2D eigenvalue weighted by Gasteiger charge is -2.07. The van der Waals surface area contributed by atoms with Gasteiger partial charge in [0.25, 0.3) is 0 Å². The van der Waals surface area contributed by atoms with Gasteiger partial charge in [-0.05, 0) is 41.8 Å². The third kappa shape index (κ3) is 1.85. The van der Waals surface area contributed by atoms with Crippen LogP contribution in [0, 0.1) is 5.92 Å². The molecule has 92 valence electrons. The first-order valence-electron chi connectivity index (χ1n) is 5.91. The fourth-order valence-electron chi connectivity index (χ4n) is 2.10. The molecule has 18 heavy (non-hydrogen) atoms. The second kappa shape index (κ2) is 4.21. The van der Waals surface area contributed by atoms with Crippen LogP contribution >= 0.6 is 0 Å². The topological polar surface area (TPSA) is 83.6 Å². The number of H-pyrrole nitrogens is 1. The molecule has 6 nitrogen and oxygen atoms in total. The van der Waals surface area contributed by atoms with Crippen LogP contribution in [-0.2, 0) is 11.2 Å². The first-order chi connectivity index (χ1) is 8.74. The minimum atomic E-state index is 0.0472. The highest BCUT2D eigenvalue weighted by Crippen LogP contribution is 2.27. The highest BCUT2D eigenvalue weighted by molar-refractivity contribution is 5.94. The van der Waals surface area contributed by atoms with E-state index < -0.39 is 0 Å². The van der Waals surface area contributed by atoms with Crippen LogP contribution in [0.5, 0.6) is 0 Å². The summed E-state index contributed by atoms with van der Waals surface area (Å²) in [5.74, 6) is 0.702. The molecule has 2 aromatic rings. The van der Waals surface area contributed by atoms with Crippen molar-refractivity contribution in [3.8, 4) is 11.4 Å². The first-order valence-corrected chi connectivity index (χ1v) is 5.91. The van der Waals surface area contributed by atoms with Gasteiger partial charge in [0, 0.05) is 17.2 Å². The number of benzene rings is 1. The average molecular weight is 243 g/mol. The SMILES string of the molecule is C[C@H]1CCc2cc(-c3nn[nH]n3)ccc2NC1=O. The van der Waals surface area contributed by atoms with E-state index in [9.17, 15) is 4.79 Å². The number of anilines is 1. The van der Waals surface area contributed by atoms with E-state index in [1.807, 2.05) is 25.1 Å². The van der Waals surface area contributed by atoms with Crippen LogP contribution in [0.4, 0.5) is 5.69 Å². The lowest BCUT2D eigenvalue weighted by molar-refractivity contribution is -0.119. The van der Waals surface area contributed by atoms with Gasteiger partial charge >= 0.3 is 0 Å². The van der Waals surface area contributed by atoms with Crippen LogP contribution in [0.25, 0.3) is 11.4 Å². The molecule has 0 fully saturated rings. The number of nitrogens with one attached hydrogen (secondary N) is 2. The van der Waals surface area contributed by atoms with Crippen LogP contribution in [-0.4, -0.2) is 26.5 Å². The largest absolute Gasteiger partial charge is 0.326 e. The van der Waals surface area contributed by atoms with E-state index in [1.54, 1.807) is 0 Å². The van der Waals surface area contributed by atoms with Crippen LogP contribution in [0.1, 0.15) is 18.9 Å². The minimum Gasteiger partial charge on any atom is -0.326 e. The van der Waals surface area contributed by atoms with Crippen molar-refractivity contribution in [2.24, 2.45) is 5.92 Å². The van der Waals surface area contributed by atoms with Gasteiger partial charge in [-0.2, -0.15) is 5.21 Å². The van der Waals surface area contributed by atoms with Crippen molar-refractivity contribution in [2.75, 3.05) is 5.32 Å². The summed E-state index contributed by atoms with van der Waals surface area (Å²) in [6, 6.07) is 5.80. The Morgan fingerprint density at radius 3 is 3.06 bits per heavy atom. The van der Waals surface area contributed by atoms with Crippen molar-refractivity contribution in [1.29, 1.82) is 0 Å². The Bertz CT molecular complexity index is 578. The van der Waals surface area contributed by atoms with Gasteiger partial charge in [-0.3, -0.25) is 4.79 Å². The average Bonchev–Trinajstić information content (AvgIpc) is 2.86. The van der Waals surface area contributed by atoms with E-state index in [-0.39, 0.29) is 11.8 Å². The fraction of sp³-hybridized carbons (Fsp3) is 0.333. The monoisotopic (exact) mass is 243 g/mol. The second-order valence-electron chi connectivity index (χ2n) is 4.54. The zero-order valence-corrected chi connectivity index (χ0v) is 9.97. The third-order valence-corrected chi connectivity index (χ3v) is 3.26. The summed E-state index contributed by atoms with van der Waals surface area (Å²) in [6.07, 6.45) is 1.73. The van der Waals surface area contributed by atoms with Crippen LogP contribution < -0.4 is 5.32 Å². The molecule has 0 unspecified atom stereocenters. The molecule has 1 aliphatic rings. The number of tetrazole rings is 1. The number of carbonyl (C=O) groups is 1. The maximum Gasteiger partial charge on any atom is 0.227 e. The predicted octanol–water partition coefficient (Wildman–Crippen LogP) is 1.39. The van der Waals surface area contributed by atoms with E-state index >= 15 is 0 Å². The molecule has 3 rings (SSSR count). The predicted molar refractivity (Wildman–Crippen MR) is 65.7 cm³/mol. The van der Waals surface area contributed by atoms with E-state index in [2.05, 4.69) is 25.9 Å². The van der Waals surface area contributed by atoms with Gasteiger partial charge in [0.05, 0.1) is 0 Å². The molecule has 0 radical (unpaired) electrons. The molecule has 0 aliphatic carbocycles. The van der Waals surface area contributed by atoms with E-state index in [1.165, 1.54) is 0 Å². The molecular formula is C12H13N5O. The minimum absolute atomic E-state index is 0.0472. The van der Waals surface area contributed by atoms with Crippen LogP contribution in [0.15, 0.2) is 18.2 Å². The van der Waals surface area contributed by atoms with Crippen LogP contribution in [0.2, 0.25) is 0 Å². The number of hydrogen-bond acceptors (Lipinski definition) is 4. The number of hydrogen-bond donors (Lipinski definition) is 2. The Labute approximate surface area is 104 Å². The zero-order chi connectivity index (χ0) is 12.5. The molecule has 1 atom stereocenters. The highest BCUT2D eigenvalue weighted by Gasteiger charge is 2.20. The number of aromatic nitrogens is 4. The van der Waals surface area contributed by atoms with Gasteiger partial charge < -0.3 is 5.32 Å². The van der Waals surface area contributed by atoms with Gasteiger partial charge in [-0.1, -0.05) is 6.92 Å². The second-order valence-corrected chi connectivity index (χ2v) is 4.54. The molecule has 6 heteroatoms. The lowest BCUT2D eigenvalue weighted by Crippen LogP contribution is -2.18. The number of aryl methyl sites for hydroxylation is 1. The Kier molecular flexibility index (Phi) is 2.55. The zero-order valence-electron chi connectivity index (χ0n) is 9.97. The van der Waals surface area contributed by atoms with Gasteiger partial charge in [-0.15, -0.1) is 10.2 Å². The molecule has 0 bridgehead atoms.